The van der Waals surface area contributed by atoms with Gasteiger partial charge < -0.3 is 45.3 Å². The lowest BCUT2D eigenvalue weighted by molar-refractivity contribution is -0.139. The number of aliphatic hydroxyl groups excluding tert-OH is 1. The summed E-state index contributed by atoms with van der Waals surface area (Å²) in [6.07, 6.45) is -0.410. The third kappa shape index (κ3) is 10.9. The van der Waals surface area contributed by atoms with Crippen molar-refractivity contribution in [1.82, 2.24) is 20.5 Å². The highest BCUT2D eigenvalue weighted by Crippen LogP contribution is 2.29. The van der Waals surface area contributed by atoms with E-state index in [1.807, 2.05) is 59.2 Å². The number of alkyl carbamates (subject to hydrolysis) is 1. The van der Waals surface area contributed by atoms with Crippen molar-refractivity contribution in [1.29, 1.82) is 0 Å². The molecule has 14 heteroatoms. The molecule has 0 aliphatic carbocycles. The molecule has 4 aromatic carbocycles. The summed E-state index contributed by atoms with van der Waals surface area (Å²) in [7, 11) is 0. The quantitative estimate of drug-likeness (QED) is 0.0809. The van der Waals surface area contributed by atoms with Crippen molar-refractivity contribution in [3.05, 3.63) is 132 Å². The third-order valence-electron chi connectivity index (χ3n) is 8.59. The summed E-state index contributed by atoms with van der Waals surface area (Å²) in [6, 6.07) is 27.4. The van der Waals surface area contributed by atoms with Gasteiger partial charge in [0, 0.05) is 42.2 Å². The minimum absolute atomic E-state index is 0.0449. The van der Waals surface area contributed by atoms with Crippen molar-refractivity contribution >= 4 is 40.7 Å². The van der Waals surface area contributed by atoms with Crippen LogP contribution in [0.25, 0.3) is 16.6 Å². The standard InChI is InChI=1S/C42H44N4O10/c1-42(2,3)56-41(54)45-33(21-26-12-6-4-7-13-26)39(51)44-32(22-27-18-19-36(55-25-37(48)49)30(20-27)40(52)53)38(50)43-23-35(47)31-24-46(28-14-8-5-9-15-28)34-17-11-10-16-29(31)34/h4-20,24,32-33,35,47H,21-23,25H2,1-3H3,(H,43,50)(H,44,51)(H,45,54)(H,48,49)(H,52,53)/t32-,33+,35?/m0/s1. The number of nitrogens with zero attached hydrogens (tertiary/aromatic N) is 1. The monoisotopic (exact) mass is 764 g/mol. The largest absolute Gasteiger partial charge is 0.481 e. The molecular formula is C42H44N4O10. The minimum atomic E-state index is -1.40. The maximum absolute atomic E-state index is 14.0. The van der Waals surface area contributed by atoms with E-state index in [9.17, 15) is 34.2 Å². The van der Waals surface area contributed by atoms with Gasteiger partial charge in [0.25, 0.3) is 0 Å². The number of carbonyl (C=O) groups is 5. The zero-order valence-electron chi connectivity index (χ0n) is 31.1. The molecule has 0 aliphatic rings. The Morgan fingerprint density at radius 1 is 0.750 bits per heavy atom. The highest BCUT2D eigenvalue weighted by atomic mass is 16.6. The number of para-hydroxylation sites is 2. The Bertz CT molecular complexity index is 2180. The molecule has 3 amide bonds. The fourth-order valence-electron chi connectivity index (χ4n) is 6.07. The Balaban J connectivity index is 1.42. The number of carboxylic acids is 2. The van der Waals surface area contributed by atoms with Crippen LogP contribution in [0, 0.1) is 0 Å². The molecule has 14 nitrogen and oxygen atoms in total. The summed E-state index contributed by atoms with van der Waals surface area (Å²) in [5.74, 6) is -4.34. The molecule has 0 saturated carbocycles. The van der Waals surface area contributed by atoms with Crippen LogP contribution in [0.3, 0.4) is 0 Å². The predicted octanol–water partition coefficient (Wildman–Crippen LogP) is 4.81. The summed E-state index contributed by atoms with van der Waals surface area (Å²) < 4.78 is 12.5. The van der Waals surface area contributed by atoms with Crippen LogP contribution in [0.2, 0.25) is 0 Å². The second kappa shape index (κ2) is 18.1. The van der Waals surface area contributed by atoms with Crippen LogP contribution < -0.4 is 20.7 Å². The number of carbonyl (C=O) groups excluding carboxylic acids is 3. The number of rotatable bonds is 16. The van der Waals surface area contributed by atoms with Crippen molar-refractivity contribution in [2.24, 2.45) is 0 Å². The van der Waals surface area contributed by atoms with Crippen molar-refractivity contribution in [3.63, 3.8) is 0 Å². The van der Waals surface area contributed by atoms with E-state index in [0.29, 0.717) is 11.1 Å². The third-order valence-corrected chi connectivity index (χ3v) is 8.59. The molecule has 0 aliphatic heterocycles. The van der Waals surface area contributed by atoms with E-state index in [1.54, 1.807) is 57.3 Å². The van der Waals surface area contributed by atoms with Gasteiger partial charge >= 0.3 is 18.0 Å². The number of fused-ring (bicyclic) bond motifs is 1. The van der Waals surface area contributed by atoms with Gasteiger partial charge in [0.1, 0.15) is 29.0 Å². The van der Waals surface area contributed by atoms with Gasteiger partial charge in [-0.25, -0.2) is 14.4 Å². The Labute approximate surface area is 323 Å². The van der Waals surface area contributed by atoms with Gasteiger partial charge in [0.05, 0.1) is 11.6 Å². The van der Waals surface area contributed by atoms with E-state index in [-0.39, 0.29) is 36.3 Å². The number of aromatic carboxylic acids is 1. The number of aliphatic carboxylic acids is 1. The summed E-state index contributed by atoms with van der Waals surface area (Å²) in [4.78, 5) is 64.1. The topological polar surface area (TPSA) is 206 Å². The molecule has 0 fully saturated rings. The van der Waals surface area contributed by atoms with Gasteiger partial charge in [-0.15, -0.1) is 0 Å². The minimum Gasteiger partial charge on any atom is -0.481 e. The van der Waals surface area contributed by atoms with E-state index in [0.717, 1.165) is 16.6 Å². The lowest BCUT2D eigenvalue weighted by Crippen LogP contribution is -2.55. The van der Waals surface area contributed by atoms with E-state index in [1.165, 1.54) is 18.2 Å². The molecule has 0 saturated heterocycles. The van der Waals surface area contributed by atoms with Crippen LogP contribution in [0.5, 0.6) is 5.75 Å². The van der Waals surface area contributed by atoms with E-state index in [4.69, 9.17) is 14.6 Å². The number of carboxylic acid groups (broad SMARTS) is 2. The smallest absolute Gasteiger partial charge is 0.408 e. The molecule has 3 atom stereocenters. The molecule has 1 unspecified atom stereocenters. The average Bonchev–Trinajstić information content (AvgIpc) is 3.55. The zero-order valence-corrected chi connectivity index (χ0v) is 31.1. The maximum Gasteiger partial charge on any atom is 0.408 e. The molecule has 292 valence electrons. The number of hydrogen-bond donors (Lipinski definition) is 6. The first-order valence-corrected chi connectivity index (χ1v) is 17.8. The van der Waals surface area contributed by atoms with Crippen LogP contribution in [0.15, 0.2) is 109 Å². The molecule has 5 rings (SSSR count). The van der Waals surface area contributed by atoms with Gasteiger partial charge in [0.15, 0.2) is 6.61 Å². The SMILES string of the molecule is CC(C)(C)OC(=O)N[C@H](Cc1ccccc1)C(=O)N[C@@H](Cc1ccc(OCC(=O)O)c(C(=O)O)c1)C(=O)NCC(O)c1cn(-c2ccccc2)c2ccccc12. The first kappa shape index (κ1) is 40.5. The van der Waals surface area contributed by atoms with E-state index >= 15 is 0 Å². The molecule has 1 heterocycles. The molecule has 6 N–H and O–H groups in total. The number of hydrogen-bond acceptors (Lipinski definition) is 8. The van der Waals surface area contributed by atoms with Gasteiger partial charge in [-0.3, -0.25) is 9.59 Å². The lowest BCUT2D eigenvalue weighted by Gasteiger charge is -2.26. The van der Waals surface area contributed by atoms with Crippen molar-refractivity contribution in [2.75, 3.05) is 13.2 Å². The maximum atomic E-state index is 14.0. The van der Waals surface area contributed by atoms with Crippen LogP contribution in [0.1, 0.15) is 53.9 Å². The summed E-state index contributed by atoms with van der Waals surface area (Å²) in [5.41, 5.74) is 2.06. The highest BCUT2D eigenvalue weighted by molar-refractivity contribution is 5.93. The van der Waals surface area contributed by atoms with E-state index < -0.39 is 60.2 Å². The molecule has 0 bridgehead atoms. The molecule has 0 radical (unpaired) electrons. The Morgan fingerprint density at radius 2 is 1.38 bits per heavy atom. The number of amides is 3. The van der Waals surface area contributed by atoms with Crippen LogP contribution >= 0.6 is 0 Å². The van der Waals surface area contributed by atoms with Gasteiger partial charge in [-0.2, -0.15) is 0 Å². The average molecular weight is 765 g/mol. The number of ether oxygens (including phenoxy) is 2. The highest BCUT2D eigenvalue weighted by Gasteiger charge is 2.30. The zero-order chi connectivity index (χ0) is 40.4. The molecule has 0 spiro atoms. The Hall–Kier alpha value is -6.67. The second-order valence-electron chi connectivity index (χ2n) is 14.0. The predicted molar refractivity (Wildman–Crippen MR) is 207 cm³/mol. The molecule has 56 heavy (non-hydrogen) atoms. The number of nitrogens with one attached hydrogen (secondary N) is 3. The first-order valence-electron chi connectivity index (χ1n) is 17.8. The van der Waals surface area contributed by atoms with Crippen molar-refractivity contribution in [2.45, 2.75) is 57.4 Å². The number of benzene rings is 4. The van der Waals surface area contributed by atoms with E-state index in [2.05, 4.69) is 16.0 Å². The van der Waals surface area contributed by atoms with Gasteiger partial charge in [0.2, 0.25) is 11.8 Å². The Kier molecular flexibility index (Phi) is 13.1. The fourth-order valence-corrected chi connectivity index (χ4v) is 6.07. The number of aliphatic hydroxyl groups is 1. The molecule has 5 aromatic rings. The van der Waals surface area contributed by atoms with Crippen molar-refractivity contribution < 1.29 is 48.8 Å². The van der Waals surface area contributed by atoms with Gasteiger partial charge in [-0.05, 0) is 62.2 Å². The number of aromatic nitrogens is 1. The summed E-state index contributed by atoms with van der Waals surface area (Å²) in [5, 5.41) is 39.2. The summed E-state index contributed by atoms with van der Waals surface area (Å²) >= 11 is 0. The second-order valence-corrected chi connectivity index (χ2v) is 14.0. The molecular weight excluding hydrogens is 720 g/mol. The first-order chi connectivity index (χ1) is 26.7. The van der Waals surface area contributed by atoms with Crippen LogP contribution in [-0.4, -0.2) is 80.6 Å². The summed E-state index contributed by atoms with van der Waals surface area (Å²) in [6.45, 7) is 4.00. The normalized spacial score (nSPS) is 12.9. The lowest BCUT2D eigenvalue weighted by atomic mass is 10.0. The van der Waals surface area contributed by atoms with Crippen LogP contribution in [-0.2, 0) is 32.0 Å². The fraction of sp³-hybridized carbons (Fsp3) is 0.262. The Morgan fingerprint density at radius 3 is 2.04 bits per heavy atom. The molecule has 1 aromatic heterocycles. The van der Waals surface area contributed by atoms with Crippen LogP contribution in [0.4, 0.5) is 4.79 Å². The van der Waals surface area contributed by atoms with Gasteiger partial charge in [-0.1, -0.05) is 72.8 Å². The van der Waals surface area contributed by atoms with Crippen molar-refractivity contribution in [3.8, 4) is 11.4 Å².